The van der Waals surface area contributed by atoms with Gasteiger partial charge in [0.15, 0.2) is 0 Å². The van der Waals surface area contributed by atoms with Crippen LogP contribution in [-0.4, -0.2) is 4.57 Å². The monoisotopic (exact) mass is 555 g/mol. The predicted molar refractivity (Wildman–Crippen MR) is 179 cm³/mol. The van der Waals surface area contributed by atoms with Gasteiger partial charge in [-0.3, -0.25) is 0 Å². The van der Waals surface area contributed by atoms with E-state index in [0.717, 1.165) is 11.4 Å². The molecule has 3 nitrogen and oxygen atoms in total. The minimum Gasteiger partial charge on any atom is -0.373 e. The Kier molecular flexibility index (Phi) is 4.44. The summed E-state index contributed by atoms with van der Waals surface area (Å²) in [5.41, 5.74) is 11.2. The molecule has 2 N–H and O–H groups in total. The highest BCUT2D eigenvalue weighted by atomic mass is 32.1. The van der Waals surface area contributed by atoms with Crippen LogP contribution in [0.2, 0.25) is 0 Å². The van der Waals surface area contributed by atoms with Gasteiger partial charge in [0.2, 0.25) is 0 Å². The van der Waals surface area contributed by atoms with Crippen molar-refractivity contribution in [2.45, 2.75) is 12.2 Å². The third-order valence-corrected chi connectivity index (χ3v) is 10.3. The molecule has 2 aliphatic heterocycles. The number of fused-ring (bicyclic) bond motifs is 10. The maximum absolute atomic E-state index is 3.95. The van der Waals surface area contributed by atoms with Crippen molar-refractivity contribution in [1.29, 1.82) is 0 Å². The molecule has 0 saturated heterocycles. The first-order chi connectivity index (χ1) is 20.8. The second-order valence-corrected chi connectivity index (χ2v) is 12.6. The first kappa shape index (κ1) is 22.6. The summed E-state index contributed by atoms with van der Waals surface area (Å²) in [6, 6.07) is 46.9. The van der Waals surface area contributed by atoms with E-state index in [4.69, 9.17) is 0 Å². The van der Waals surface area contributed by atoms with E-state index in [1.165, 1.54) is 69.8 Å². The Hall–Kier alpha value is -5.06. The van der Waals surface area contributed by atoms with Crippen LogP contribution in [0.1, 0.15) is 17.8 Å². The molecule has 6 aromatic carbocycles. The van der Waals surface area contributed by atoms with E-state index in [1.54, 1.807) is 0 Å². The summed E-state index contributed by atoms with van der Waals surface area (Å²) >= 11 is 1.88. The quantitative estimate of drug-likeness (QED) is 0.222. The lowest BCUT2D eigenvalue weighted by Gasteiger charge is -2.34. The fourth-order valence-corrected chi connectivity index (χ4v) is 8.46. The van der Waals surface area contributed by atoms with Crippen molar-refractivity contribution < 1.29 is 0 Å². The Labute approximate surface area is 246 Å². The fraction of sp³-hybridized carbons (Fsp3) is 0.0526. The normalized spacial score (nSPS) is 17.0. The summed E-state index contributed by atoms with van der Waals surface area (Å²) in [6.07, 6.45) is 0.0845. The number of benzene rings is 6. The summed E-state index contributed by atoms with van der Waals surface area (Å²) in [5.74, 6) is 0. The molecular weight excluding hydrogens is 531 g/mol. The first-order valence-corrected chi connectivity index (χ1v) is 15.3. The van der Waals surface area contributed by atoms with E-state index in [2.05, 4.69) is 143 Å². The number of anilines is 2. The molecule has 10 rings (SSSR count). The van der Waals surface area contributed by atoms with Crippen LogP contribution < -0.4 is 10.6 Å². The van der Waals surface area contributed by atoms with Gasteiger partial charge in [-0.15, -0.1) is 11.3 Å². The van der Waals surface area contributed by atoms with Crippen LogP contribution in [0.25, 0.3) is 64.2 Å². The van der Waals surface area contributed by atoms with Gasteiger partial charge >= 0.3 is 0 Å². The highest BCUT2D eigenvalue weighted by Gasteiger charge is 2.39. The maximum Gasteiger partial charge on any atom is 0.129 e. The van der Waals surface area contributed by atoms with Crippen molar-refractivity contribution in [3.63, 3.8) is 0 Å². The Morgan fingerprint density at radius 3 is 2.19 bits per heavy atom. The molecule has 0 spiro atoms. The zero-order valence-corrected chi connectivity index (χ0v) is 23.5. The van der Waals surface area contributed by atoms with Crippen molar-refractivity contribution in [2.75, 3.05) is 10.6 Å². The molecule has 0 saturated carbocycles. The van der Waals surface area contributed by atoms with E-state index >= 15 is 0 Å². The van der Waals surface area contributed by atoms with Gasteiger partial charge in [-0.2, -0.15) is 0 Å². The van der Waals surface area contributed by atoms with Gasteiger partial charge in [0.25, 0.3) is 0 Å². The van der Waals surface area contributed by atoms with Crippen molar-refractivity contribution in [3.8, 4) is 22.3 Å². The van der Waals surface area contributed by atoms with Crippen LogP contribution in [-0.2, 0) is 0 Å². The second kappa shape index (κ2) is 8.25. The Balaban J connectivity index is 1.16. The van der Waals surface area contributed by atoms with Gasteiger partial charge in [0.1, 0.15) is 6.17 Å². The molecule has 4 heteroatoms. The fourth-order valence-electron chi connectivity index (χ4n) is 7.31. The smallest absolute Gasteiger partial charge is 0.129 e. The average Bonchev–Trinajstić information content (AvgIpc) is 3.69. The molecule has 0 amide bonds. The number of aromatic nitrogens is 1. The van der Waals surface area contributed by atoms with E-state index in [-0.39, 0.29) is 12.2 Å². The highest BCUT2D eigenvalue weighted by Crippen LogP contribution is 2.52. The van der Waals surface area contributed by atoms with Crippen LogP contribution >= 0.6 is 11.3 Å². The van der Waals surface area contributed by atoms with Crippen LogP contribution in [0.3, 0.4) is 0 Å². The molecule has 2 atom stereocenters. The Bertz CT molecular complexity index is 2380. The topological polar surface area (TPSA) is 29.0 Å². The molecule has 8 aromatic rings. The number of rotatable bonds is 2. The van der Waals surface area contributed by atoms with Crippen LogP contribution in [0.4, 0.5) is 11.4 Å². The van der Waals surface area contributed by atoms with E-state index in [9.17, 15) is 0 Å². The minimum absolute atomic E-state index is 0.0845. The van der Waals surface area contributed by atoms with Gasteiger partial charge in [-0.1, -0.05) is 84.9 Å². The van der Waals surface area contributed by atoms with Crippen LogP contribution in [0.5, 0.6) is 0 Å². The van der Waals surface area contributed by atoms with E-state index in [1.807, 2.05) is 11.3 Å². The highest BCUT2D eigenvalue weighted by molar-refractivity contribution is 7.25. The Morgan fingerprint density at radius 1 is 0.500 bits per heavy atom. The molecule has 0 bridgehead atoms. The molecule has 42 heavy (non-hydrogen) atoms. The van der Waals surface area contributed by atoms with Crippen molar-refractivity contribution in [2.24, 2.45) is 0 Å². The summed E-state index contributed by atoms with van der Waals surface area (Å²) in [7, 11) is 0. The third kappa shape index (κ3) is 3.05. The second-order valence-electron chi connectivity index (χ2n) is 11.5. The molecule has 2 aliphatic rings. The van der Waals surface area contributed by atoms with Crippen LogP contribution in [0, 0.1) is 0 Å². The summed E-state index contributed by atoms with van der Waals surface area (Å²) < 4.78 is 5.21. The van der Waals surface area contributed by atoms with E-state index in [0.29, 0.717) is 0 Å². The predicted octanol–water partition coefficient (Wildman–Crippen LogP) is 10.6. The molecule has 0 fully saturated rings. The maximum atomic E-state index is 3.95. The zero-order chi connectivity index (χ0) is 27.4. The number of hydrogen-bond acceptors (Lipinski definition) is 3. The van der Waals surface area contributed by atoms with Gasteiger partial charge in [0, 0.05) is 36.5 Å². The van der Waals surface area contributed by atoms with Gasteiger partial charge in [-0.05, 0) is 64.7 Å². The summed E-state index contributed by atoms with van der Waals surface area (Å²) in [5, 5.41) is 13.2. The van der Waals surface area contributed by atoms with Crippen molar-refractivity contribution in [3.05, 3.63) is 133 Å². The molecule has 198 valence electrons. The Morgan fingerprint density at radius 2 is 1.26 bits per heavy atom. The lowest BCUT2D eigenvalue weighted by atomic mass is 9.94. The molecular formula is C38H25N3S. The lowest BCUT2D eigenvalue weighted by Crippen LogP contribution is -2.30. The lowest BCUT2D eigenvalue weighted by molar-refractivity contribution is 0.540. The van der Waals surface area contributed by atoms with Gasteiger partial charge in [0.05, 0.1) is 28.5 Å². The number of para-hydroxylation sites is 1. The third-order valence-electron chi connectivity index (χ3n) is 9.22. The van der Waals surface area contributed by atoms with Gasteiger partial charge in [-0.25, -0.2) is 0 Å². The molecule has 4 heterocycles. The number of thiophene rings is 1. The SMILES string of the molecule is c1ccc(-c2ccc3c(c2)NC2C(N3)c3cc(-c4ccc5c(c4)sc4ccccc45)cc4c5ccccc5n2c34)cc1. The molecule has 0 aliphatic carbocycles. The molecule has 2 unspecified atom stereocenters. The van der Waals surface area contributed by atoms with E-state index < -0.39 is 0 Å². The molecule has 0 radical (unpaired) electrons. The van der Waals surface area contributed by atoms with Crippen LogP contribution in [0.15, 0.2) is 127 Å². The molecule has 2 aromatic heterocycles. The largest absolute Gasteiger partial charge is 0.373 e. The summed E-state index contributed by atoms with van der Waals surface area (Å²) in [6.45, 7) is 0. The standard InChI is InChI=1S/C38H25N3S/c1-2-8-22(9-3-1)23-15-17-31-32(20-23)40-38-36(39-31)30-19-25(18-29-26-10-4-6-12-33(26)41(38)37(29)30)24-14-16-28-27-11-5-7-13-34(27)42-35(28)21-24/h1-21,36,38-40H. The average molecular weight is 556 g/mol. The van der Waals surface area contributed by atoms with Gasteiger partial charge < -0.3 is 15.2 Å². The van der Waals surface area contributed by atoms with Crippen molar-refractivity contribution >= 4 is 64.7 Å². The number of nitrogens with one attached hydrogen (secondary N) is 2. The number of nitrogens with zero attached hydrogens (tertiary/aromatic N) is 1. The minimum atomic E-state index is 0.0845. The first-order valence-electron chi connectivity index (χ1n) is 14.5. The van der Waals surface area contributed by atoms with Crippen molar-refractivity contribution in [1.82, 2.24) is 4.57 Å². The number of hydrogen-bond donors (Lipinski definition) is 2. The summed E-state index contributed by atoms with van der Waals surface area (Å²) in [4.78, 5) is 0. The zero-order valence-electron chi connectivity index (χ0n) is 22.6.